The number of hydrogen-bond donors (Lipinski definition) is 1. The zero-order chi connectivity index (χ0) is 22.6. The number of nitrogens with zero attached hydrogens (tertiary/aromatic N) is 2. The van der Waals surface area contributed by atoms with Crippen LogP contribution in [0.2, 0.25) is 5.02 Å². The summed E-state index contributed by atoms with van der Waals surface area (Å²) in [5, 5.41) is 4.71. The number of anilines is 1. The van der Waals surface area contributed by atoms with Crippen molar-refractivity contribution in [1.82, 2.24) is 5.43 Å². The van der Waals surface area contributed by atoms with E-state index in [0.717, 1.165) is 34.0 Å². The van der Waals surface area contributed by atoms with E-state index < -0.39 is 0 Å². The lowest BCUT2D eigenvalue weighted by molar-refractivity contribution is -0.118. The van der Waals surface area contributed by atoms with Crippen molar-refractivity contribution < 1.29 is 9.53 Å². The van der Waals surface area contributed by atoms with Gasteiger partial charge < -0.3 is 9.64 Å². The lowest BCUT2D eigenvalue weighted by Gasteiger charge is -2.43. The van der Waals surface area contributed by atoms with Gasteiger partial charge in [-0.15, -0.1) is 11.8 Å². The van der Waals surface area contributed by atoms with Gasteiger partial charge in [0, 0.05) is 28.3 Å². The van der Waals surface area contributed by atoms with Gasteiger partial charge in [-0.05, 0) is 69.7 Å². The number of benzene rings is 2. The molecule has 1 aliphatic rings. The molecular weight excluding hydrogens is 430 g/mol. The maximum atomic E-state index is 12.1. The molecule has 0 bridgehead atoms. The Bertz CT molecular complexity index is 1020. The summed E-state index contributed by atoms with van der Waals surface area (Å²) in [5.74, 6) is 0.876. The third-order valence-electron chi connectivity index (χ3n) is 5.23. The Kier molecular flexibility index (Phi) is 7.34. The third-order valence-corrected chi connectivity index (χ3v) is 6.57. The summed E-state index contributed by atoms with van der Waals surface area (Å²) >= 11 is 7.98. The van der Waals surface area contributed by atoms with Gasteiger partial charge in [0.15, 0.2) is 0 Å². The molecule has 3 rings (SSSR count). The molecule has 1 heterocycles. The fourth-order valence-electron chi connectivity index (χ4n) is 3.82. The highest BCUT2D eigenvalue weighted by Crippen LogP contribution is 2.40. The lowest BCUT2D eigenvalue weighted by atomic mass is 9.88. The van der Waals surface area contributed by atoms with E-state index in [0.29, 0.717) is 5.02 Å². The second-order valence-electron chi connectivity index (χ2n) is 7.87. The van der Waals surface area contributed by atoms with Crippen molar-refractivity contribution in [3.63, 3.8) is 0 Å². The van der Waals surface area contributed by atoms with Crippen LogP contribution in [-0.2, 0) is 4.79 Å². The minimum atomic E-state index is -0.180. The van der Waals surface area contributed by atoms with E-state index in [9.17, 15) is 4.79 Å². The molecule has 7 heteroatoms. The number of allylic oxidation sites excluding steroid dienone is 1. The monoisotopic (exact) mass is 457 g/mol. The minimum absolute atomic E-state index is 0.0692. The molecule has 0 saturated carbocycles. The molecule has 0 saturated heterocycles. The van der Waals surface area contributed by atoms with Crippen molar-refractivity contribution >= 4 is 46.7 Å². The summed E-state index contributed by atoms with van der Waals surface area (Å²) < 4.78 is 5.14. The SMILES string of the molecule is CCN1c2cc(Cl)c(/C=N/NC(=O)CSc3ccc(OC)cc3)cc2C(C)=CC1(C)C. The van der Waals surface area contributed by atoms with Gasteiger partial charge in [-0.25, -0.2) is 5.43 Å². The number of nitrogens with one attached hydrogen (secondary N) is 1. The van der Waals surface area contributed by atoms with Crippen LogP contribution in [-0.4, -0.2) is 37.1 Å². The number of likely N-dealkylation sites (N-methyl/N-ethyl adjacent to an activating group) is 1. The molecule has 1 aliphatic heterocycles. The molecule has 0 radical (unpaired) electrons. The molecule has 5 nitrogen and oxygen atoms in total. The van der Waals surface area contributed by atoms with Crippen LogP contribution < -0.4 is 15.1 Å². The van der Waals surface area contributed by atoms with Gasteiger partial charge in [-0.1, -0.05) is 17.7 Å². The molecule has 0 spiro atoms. The number of thioether (sulfide) groups is 1. The van der Waals surface area contributed by atoms with E-state index in [2.05, 4.69) is 49.2 Å². The number of amides is 1. The van der Waals surface area contributed by atoms with E-state index >= 15 is 0 Å². The lowest BCUT2D eigenvalue weighted by Crippen LogP contribution is -2.44. The summed E-state index contributed by atoms with van der Waals surface area (Å²) in [6.07, 6.45) is 3.87. The summed E-state index contributed by atoms with van der Waals surface area (Å²) in [7, 11) is 1.63. The topological polar surface area (TPSA) is 53.9 Å². The van der Waals surface area contributed by atoms with Gasteiger partial charge in [0.25, 0.3) is 0 Å². The number of halogens is 1. The van der Waals surface area contributed by atoms with Gasteiger partial charge in [-0.3, -0.25) is 4.79 Å². The van der Waals surface area contributed by atoms with Gasteiger partial charge in [0.05, 0.1) is 29.6 Å². The standard InChI is InChI=1S/C24H28ClN3O2S/c1-6-28-22-12-21(25)17(11-20(22)16(2)13-24(28,3)4)14-26-27-23(29)15-31-19-9-7-18(30-5)8-10-19/h7-14H,6,15H2,1-5H3,(H,27,29)/b26-14+. The highest BCUT2D eigenvalue weighted by atomic mass is 35.5. The first-order valence-corrected chi connectivity index (χ1v) is 11.5. The maximum Gasteiger partial charge on any atom is 0.250 e. The Balaban J connectivity index is 1.66. The first-order chi connectivity index (χ1) is 14.7. The van der Waals surface area contributed by atoms with Crippen molar-refractivity contribution in [3.05, 3.63) is 58.6 Å². The number of methoxy groups -OCH3 is 1. The molecule has 0 aromatic heterocycles. The molecule has 2 aromatic carbocycles. The zero-order valence-corrected chi connectivity index (χ0v) is 20.1. The van der Waals surface area contributed by atoms with Gasteiger partial charge >= 0.3 is 0 Å². The first-order valence-electron chi connectivity index (χ1n) is 10.1. The predicted octanol–water partition coefficient (Wildman–Crippen LogP) is 5.61. The average molecular weight is 458 g/mol. The highest BCUT2D eigenvalue weighted by molar-refractivity contribution is 8.00. The van der Waals surface area contributed by atoms with Gasteiger partial charge in [0.1, 0.15) is 5.75 Å². The molecule has 1 N–H and O–H groups in total. The highest BCUT2D eigenvalue weighted by Gasteiger charge is 2.30. The third kappa shape index (κ3) is 5.43. The fraction of sp³-hybridized carbons (Fsp3) is 0.333. The van der Waals surface area contributed by atoms with Crippen molar-refractivity contribution in [2.24, 2.45) is 5.10 Å². The molecule has 2 aromatic rings. The van der Waals surface area contributed by atoms with Crippen LogP contribution in [0.4, 0.5) is 5.69 Å². The summed E-state index contributed by atoms with van der Waals surface area (Å²) in [5.41, 5.74) is 6.74. The number of hydrogen-bond acceptors (Lipinski definition) is 5. The molecule has 164 valence electrons. The van der Waals surface area contributed by atoms with Gasteiger partial charge in [0.2, 0.25) is 5.91 Å². The summed E-state index contributed by atoms with van der Waals surface area (Å²) in [4.78, 5) is 15.5. The van der Waals surface area contributed by atoms with E-state index in [4.69, 9.17) is 16.3 Å². The van der Waals surface area contributed by atoms with Crippen LogP contribution in [0, 0.1) is 0 Å². The predicted molar refractivity (Wildman–Crippen MR) is 132 cm³/mol. The molecule has 0 fully saturated rings. The Hall–Kier alpha value is -2.44. The van der Waals surface area contributed by atoms with Crippen LogP contribution in [0.3, 0.4) is 0 Å². The number of carbonyl (C=O) groups excluding carboxylic acids is 1. The van der Waals surface area contributed by atoms with Crippen LogP contribution in [0.25, 0.3) is 5.57 Å². The van der Waals surface area contributed by atoms with Crippen molar-refractivity contribution in [2.45, 2.75) is 38.1 Å². The number of ether oxygens (including phenoxy) is 1. The number of fused-ring (bicyclic) bond motifs is 1. The van der Waals surface area contributed by atoms with Crippen molar-refractivity contribution in [3.8, 4) is 5.75 Å². The van der Waals surface area contributed by atoms with Crippen molar-refractivity contribution in [1.29, 1.82) is 0 Å². The summed E-state index contributed by atoms with van der Waals surface area (Å²) in [6.45, 7) is 9.54. The van der Waals surface area contributed by atoms with Gasteiger partial charge in [-0.2, -0.15) is 5.10 Å². The minimum Gasteiger partial charge on any atom is -0.497 e. The zero-order valence-electron chi connectivity index (χ0n) is 18.5. The molecule has 31 heavy (non-hydrogen) atoms. The normalized spacial score (nSPS) is 14.9. The quantitative estimate of drug-likeness (QED) is 0.333. The molecule has 1 amide bonds. The van der Waals surface area contributed by atoms with Crippen molar-refractivity contribution in [2.75, 3.05) is 24.3 Å². The van der Waals surface area contributed by atoms with E-state index in [1.807, 2.05) is 36.4 Å². The Morgan fingerprint density at radius 3 is 2.65 bits per heavy atom. The van der Waals surface area contributed by atoms with Crippen LogP contribution in [0.1, 0.15) is 38.8 Å². The fourth-order valence-corrected chi connectivity index (χ4v) is 4.72. The van der Waals surface area contributed by atoms with E-state index in [1.165, 1.54) is 17.3 Å². The molecular formula is C24H28ClN3O2S. The number of hydrazone groups is 1. The molecule has 0 unspecified atom stereocenters. The van der Waals surface area contributed by atoms with Crippen LogP contribution >= 0.6 is 23.4 Å². The number of rotatable bonds is 7. The Labute approximate surface area is 193 Å². The Morgan fingerprint density at radius 1 is 1.29 bits per heavy atom. The molecule has 0 atom stereocenters. The maximum absolute atomic E-state index is 12.1. The Morgan fingerprint density at radius 2 is 2.00 bits per heavy atom. The van der Waals surface area contributed by atoms with Crippen LogP contribution in [0.5, 0.6) is 5.75 Å². The smallest absolute Gasteiger partial charge is 0.250 e. The van der Waals surface area contributed by atoms with E-state index in [1.54, 1.807) is 13.3 Å². The van der Waals surface area contributed by atoms with E-state index in [-0.39, 0.29) is 17.2 Å². The van der Waals surface area contributed by atoms with Crippen LogP contribution in [0.15, 0.2) is 52.5 Å². The number of carbonyl (C=O) groups is 1. The second-order valence-corrected chi connectivity index (χ2v) is 9.33. The first kappa shape index (κ1) is 23.2. The molecule has 0 aliphatic carbocycles. The largest absolute Gasteiger partial charge is 0.497 e. The summed E-state index contributed by atoms with van der Waals surface area (Å²) in [6, 6.07) is 11.6. The average Bonchev–Trinajstić information content (AvgIpc) is 2.73. The second kappa shape index (κ2) is 9.79.